The van der Waals surface area contributed by atoms with E-state index >= 15 is 0 Å². The molecule has 3 aliphatic rings. The molecule has 28 heavy (non-hydrogen) atoms. The lowest BCUT2D eigenvalue weighted by molar-refractivity contribution is 0.156. The molecule has 2 saturated heterocycles. The van der Waals surface area contributed by atoms with Crippen LogP contribution in [-0.4, -0.2) is 49.8 Å². The molecule has 6 heteroatoms. The molecule has 1 atom stereocenters. The Morgan fingerprint density at radius 1 is 1.29 bits per heavy atom. The maximum absolute atomic E-state index is 6.28. The maximum Gasteiger partial charge on any atom is 0.194 e. The molecule has 0 aromatic heterocycles. The third-order valence-corrected chi connectivity index (χ3v) is 6.23. The van der Waals surface area contributed by atoms with Crippen molar-refractivity contribution in [3.05, 3.63) is 29.8 Å². The SMILES string of the molecule is CCNC(=NCc1ccccc1OC1CCCC1)N1CCC2(CCOC2)C1.I. The van der Waals surface area contributed by atoms with Crippen LogP contribution in [0, 0.1) is 5.41 Å². The molecule has 3 fully saturated rings. The van der Waals surface area contributed by atoms with Crippen LogP contribution in [0.1, 0.15) is 51.0 Å². The number of hydrogen-bond donors (Lipinski definition) is 1. The van der Waals surface area contributed by atoms with Gasteiger partial charge in [0, 0.05) is 37.2 Å². The molecular weight excluding hydrogens is 465 g/mol. The highest BCUT2D eigenvalue weighted by molar-refractivity contribution is 14.0. The van der Waals surface area contributed by atoms with Crippen LogP contribution in [-0.2, 0) is 11.3 Å². The molecule has 2 heterocycles. The van der Waals surface area contributed by atoms with Gasteiger partial charge in [-0.25, -0.2) is 4.99 Å². The number of para-hydroxylation sites is 1. The monoisotopic (exact) mass is 499 g/mol. The van der Waals surface area contributed by atoms with Crippen LogP contribution in [0.15, 0.2) is 29.3 Å². The van der Waals surface area contributed by atoms with Crippen molar-refractivity contribution in [1.82, 2.24) is 10.2 Å². The van der Waals surface area contributed by atoms with E-state index in [1.165, 1.54) is 44.1 Å². The molecule has 5 nitrogen and oxygen atoms in total. The van der Waals surface area contributed by atoms with E-state index in [1.54, 1.807) is 0 Å². The fourth-order valence-corrected chi connectivity index (χ4v) is 4.61. The summed E-state index contributed by atoms with van der Waals surface area (Å²) in [6, 6.07) is 8.39. The Balaban J connectivity index is 0.00000225. The summed E-state index contributed by atoms with van der Waals surface area (Å²) in [7, 11) is 0. The number of likely N-dealkylation sites (tertiary alicyclic amines) is 1. The van der Waals surface area contributed by atoms with Gasteiger partial charge >= 0.3 is 0 Å². The standard InChI is InChI=1S/C22H33N3O2.HI/c1-2-23-21(25-13-11-22(16-25)12-14-26-17-22)24-15-18-7-3-6-10-20(18)27-19-8-4-5-9-19;/h3,6-7,10,19H,2,4-5,8-9,11-17H2,1H3,(H,23,24);1H. The highest BCUT2D eigenvalue weighted by atomic mass is 127. The summed E-state index contributed by atoms with van der Waals surface area (Å²) in [5.74, 6) is 2.03. The lowest BCUT2D eigenvalue weighted by Crippen LogP contribution is -2.41. The summed E-state index contributed by atoms with van der Waals surface area (Å²) in [5.41, 5.74) is 1.53. The molecule has 1 aromatic carbocycles. The van der Waals surface area contributed by atoms with Crippen molar-refractivity contribution in [1.29, 1.82) is 0 Å². The van der Waals surface area contributed by atoms with E-state index in [0.717, 1.165) is 44.6 Å². The van der Waals surface area contributed by atoms with Gasteiger partial charge in [0.05, 0.1) is 19.3 Å². The number of halogens is 1. The Morgan fingerprint density at radius 2 is 2.11 bits per heavy atom. The van der Waals surface area contributed by atoms with Crippen LogP contribution in [0.2, 0.25) is 0 Å². The molecule has 1 spiro atoms. The first-order chi connectivity index (χ1) is 13.3. The smallest absolute Gasteiger partial charge is 0.194 e. The first-order valence-corrected chi connectivity index (χ1v) is 10.6. The van der Waals surface area contributed by atoms with Crippen LogP contribution < -0.4 is 10.1 Å². The fourth-order valence-electron chi connectivity index (χ4n) is 4.61. The summed E-state index contributed by atoms with van der Waals surface area (Å²) < 4.78 is 12.0. The Morgan fingerprint density at radius 3 is 2.86 bits per heavy atom. The molecular formula is C22H34IN3O2. The number of benzene rings is 1. The number of nitrogens with one attached hydrogen (secondary N) is 1. The molecule has 156 valence electrons. The molecule has 0 amide bonds. The zero-order chi connectivity index (χ0) is 18.5. The molecule has 1 saturated carbocycles. The van der Waals surface area contributed by atoms with Crippen LogP contribution in [0.25, 0.3) is 0 Å². The lowest BCUT2D eigenvalue weighted by Gasteiger charge is -2.25. The van der Waals surface area contributed by atoms with Crippen molar-refractivity contribution in [3.63, 3.8) is 0 Å². The predicted octanol–water partition coefficient (Wildman–Crippen LogP) is 4.20. The lowest BCUT2D eigenvalue weighted by atomic mass is 9.87. The predicted molar refractivity (Wildman–Crippen MR) is 124 cm³/mol. The Bertz CT molecular complexity index is 655. The molecule has 2 aliphatic heterocycles. The summed E-state index contributed by atoms with van der Waals surface area (Å²) in [6.45, 7) is 7.62. The van der Waals surface area contributed by atoms with Gasteiger partial charge < -0.3 is 19.7 Å². The molecule has 0 bridgehead atoms. The van der Waals surface area contributed by atoms with Gasteiger partial charge in [-0.3, -0.25) is 0 Å². The Kier molecular flexibility index (Phi) is 7.85. The van der Waals surface area contributed by atoms with Gasteiger partial charge in [-0.2, -0.15) is 0 Å². The van der Waals surface area contributed by atoms with Crippen molar-refractivity contribution in [3.8, 4) is 5.75 Å². The number of aliphatic imine (C=N–C) groups is 1. The van der Waals surface area contributed by atoms with E-state index in [2.05, 4.69) is 41.4 Å². The minimum atomic E-state index is 0. The minimum absolute atomic E-state index is 0. The second-order valence-corrected chi connectivity index (χ2v) is 8.28. The first kappa shape index (κ1) is 21.7. The van der Waals surface area contributed by atoms with Crippen molar-refractivity contribution in [2.45, 2.75) is 58.1 Å². The minimum Gasteiger partial charge on any atom is -0.490 e. The highest BCUT2D eigenvalue weighted by Gasteiger charge is 2.42. The zero-order valence-electron chi connectivity index (χ0n) is 17.0. The summed E-state index contributed by atoms with van der Waals surface area (Å²) in [4.78, 5) is 7.38. The average molecular weight is 499 g/mol. The molecule has 1 unspecified atom stereocenters. The highest BCUT2D eigenvalue weighted by Crippen LogP contribution is 2.38. The fraction of sp³-hybridized carbons (Fsp3) is 0.682. The second-order valence-electron chi connectivity index (χ2n) is 8.28. The van der Waals surface area contributed by atoms with Crippen LogP contribution in [0.5, 0.6) is 5.75 Å². The van der Waals surface area contributed by atoms with Gasteiger partial charge in [0.1, 0.15) is 5.75 Å². The van der Waals surface area contributed by atoms with Gasteiger partial charge in [-0.1, -0.05) is 18.2 Å². The van der Waals surface area contributed by atoms with Crippen LogP contribution >= 0.6 is 24.0 Å². The van der Waals surface area contributed by atoms with E-state index in [1.807, 2.05) is 0 Å². The van der Waals surface area contributed by atoms with E-state index < -0.39 is 0 Å². The van der Waals surface area contributed by atoms with Gasteiger partial charge in [-0.05, 0) is 51.5 Å². The molecule has 4 rings (SSSR count). The molecule has 1 aliphatic carbocycles. The number of guanidine groups is 1. The zero-order valence-corrected chi connectivity index (χ0v) is 19.3. The third-order valence-electron chi connectivity index (χ3n) is 6.23. The van der Waals surface area contributed by atoms with Crippen molar-refractivity contribution in [2.75, 3.05) is 32.8 Å². The van der Waals surface area contributed by atoms with Gasteiger partial charge in [0.15, 0.2) is 5.96 Å². The number of rotatable bonds is 5. The van der Waals surface area contributed by atoms with Gasteiger partial charge in [0.2, 0.25) is 0 Å². The van der Waals surface area contributed by atoms with E-state index in [4.69, 9.17) is 14.5 Å². The number of hydrogen-bond acceptors (Lipinski definition) is 3. The Hall–Kier alpha value is -1.02. The summed E-state index contributed by atoms with van der Waals surface area (Å²) in [5, 5.41) is 3.49. The largest absolute Gasteiger partial charge is 0.490 e. The molecule has 1 N–H and O–H groups in total. The second kappa shape index (κ2) is 10.1. The van der Waals surface area contributed by atoms with Crippen molar-refractivity contribution >= 4 is 29.9 Å². The summed E-state index contributed by atoms with van der Waals surface area (Å²) >= 11 is 0. The maximum atomic E-state index is 6.28. The van der Waals surface area contributed by atoms with Gasteiger partial charge in [0.25, 0.3) is 0 Å². The van der Waals surface area contributed by atoms with Crippen molar-refractivity contribution < 1.29 is 9.47 Å². The average Bonchev–Trinajstić information content (AvgIpc) is 3.44. The van der Waals surface area contributed by atoms with Gasteiger partial charge in [-0.15, -0.1) is 24.0 Å². The third kappa shape index (κ3) is 5.12. The van der Waals surface area contributed by atoms with Crippen LogP contribution in [0.4, 0.5) is 0 Å². The molecule has 1 aromatic rings. The van der Waals surface area contributed by atoms with Crippen LogP contribution in [0.3, 0.4) is 0 Å². The number of ether oxygens (including phenoxy) is 2. The molecule has 0 radical (unpaired) electrons. The quantitative estimate of drug-likeness (QED) is 0.375. The Labute approximate surface area is 186 Å². The first-order valence-electron chi connectivity index (χ1n) is 10.6. The van der Waals surface area contributed by atoms with E-state index in [-0.39, 0.29) is 24.0 Å². The van der Waals surface area contributed by atoms with Crippen molar-refractivity contribution in [2.24, 2.45) is 10.4 Å². The number of nitrogens with zero attached hydrogens (tertiary/aromatic N) is 2. The summed E-state index contributed by atoms with van der Waals surface area (Å²) in [6.07, 6.45) is 7.70. The normalized spacial score (nSPS) is 25.3. The van der Waals surface area contributed by atoms with E-state index in [0.29, 0.717) is 18.1 Å². The van der Waals surface area contributed by atoms with E-state index in [9.17, 15) is 0 Å². The topological polar surface area (TPSA) is 46.1 Å².